The average Bonchev–Trinajstić information content (AvgIpc) is 2.95. The van der Waals surface area contributed by atoms with Gasteiger partial charge in [0.2, 0.25) is 0 Å². The number of aliphatic hydroxyl groups excluding tert-OH is 1. The first-order valence-electron chi connectivity index (χ1n) is 6.26. The van der Waals surface area contributed by atoms with E-state index < -0.39 is 0 Å². The quantitative estimate of drug-likeness (QED) is 0.762. The Morgan fingerprint density at radius 3 is 2.79 bits per heavy atom. The molecule has 0 fully saturated rings. The second-order valence-electron chi connectivity index (χ2n) is 4.29. The number of hydrogen-bond acceptors (Lipinski definition) is 3. The van der Waals surface area contributed by atoms with E-state index in [1.54, 1.807) is 0 Å². The van der Waals surface area contributed by atoms with Crippen molar-refractivity contribution in [3.05, 3.63) is 42.1 Å². The summed E-state index contributed by atoms with van der Waals surface area (Å²) in [6.45, 7) is 1.84. The number of carbonyl (C=O) groups is 1. The molecule has 2 rings (SSSR count). The minimum Gasteiger partial charge on any atom is -0.394 e. The maximum Gasteiger partial charge on any atom is 0.255 e. The molecule has 2 aromatic rings. The molecule has 0 aliphatic carbocycles. The number of carbonyl (C=O) groups excluding carboxylic acids is 1. The zero-order valence-electron chi connectivity index (χ0n) is 10.8. The van der Waals surface area contributed by atoms with E-state index in [1.807, 2.05) is 37.3 Å². The Balaban J connectivity index is 2.23. The number of aliphatic hydroxyl groups is 1. The Morgan fingerprint density at radius 2 is 2.16 bits per heavy atom. The molecule has 5 heteroatoms. The van der Waals surface area contributed by atoms with Gasteiger partial charge in [0.1, 0.15) is 0 Å². The summed E-state index contributed by atoms with van der Waals surface area (Å²) >= 11 is 0. The van der Waals surface area contributed by atoms with Gasteiger partial charge in [-0.25, -0.2) is 0 Å². The van der Waals surface area contributed by atoms with Crippen molar-refractivity contribution < 1.29 is 9.90 Å². The summed E-state index contributed by atoms with van der Waals surface area (Å²) in [5.74, 6) is -0.228. The van der Waals surface area contributed by atoms with Crippen LogP contribution in [0, 0.1) is 0 Å². The number of rotatable bonds is 5. The molecule has 1 aromatic carbocycles. The minimum atomic E-state index is -0.231. The van der Waals surface area contributed by atoms with E-state index in [0.717, 1.165) is 5.56 Å². The third-order valence-corrected chi connectivity index (χ3v) is 2.99. The van der Waals surface area contributed by atoms with Gasteiger partial charge >= 0.3 is 0 Å². The lowest BCUT2D eigenvalue weighted by molar-refractivity contribution is 0.0915. The molecule has 5 nitrogen and oxygen atoms in total. The Labute approximate surface area is 111 Å². The summed E-state index contributed by atoms with van der Waals surface area (Å²) < 4.78 is 0. The Hall–Kier alpha value is -2.14. The molecular formula is C14H17N3O2. The first-order valence-corrected chi connectivity index (χ1v) is 6.26. The molecule has 0 aliphatic heterocycles. The molecule has 0 saturated heterocycles. The van der Waals surface area contributed by atoms with E-state index in [2.05, 4.69) is 15.5 Å². The fraction of sp³-hybridized carbons (Fsp3) is 0.286. The lowest BCUT2D eigenvalue weighted by Crippen LogP contribution is -2.37. The van der Waals surface area contributed by atoms with Crippen LogP contribution in [0.25, 0.3) is 11.3 Å². The molecule has 3 N–H and O–H groups in total. The third kappa shape index (κ3) is 3.00. The molecule has 0 saturated carbocycles. The van der Waals surface area contributed by atoms with Crippen molar-refractivity contribution in [1.82, 2.24) is 15.5 Å². The molecule has 1 amide bonds. The van der Waals surface area contributed by atoms with Crippen molar-refractivity contribution in [2.45, 2.75) is 19.4 Å². The second kappa shape index (κ2) is 6.15. The zero-order chi connectivity index (χ0) is 13.7. The molecule has 0 aliphatic rings. The van der Waals surface area contributed by atoms with E-state index in [-0.39, 0.29) is 18.6 Å². The SMILES string of the molecule is CC[C@H](CO)NC(=O)c1cn[nH]c1-c1ccccc1. The fourth-order valence-electron chi connectivity index (χ4n) is 1.82. The number of aromatic amines is 1. The molecule has 1 aromatic heterocycles. The van der Waals surface area contributed by atoms with Crippen LogP contribution in [0.5, 0.6) is 0 Å². The van der Waals surface area contributed by atoms with Gasteiger partial charge in [0.25, 0.3) is 5.91 Å². The molecule has 0 unspecified atom stereocenters. The monoisotopic (exact) mass is 259 g/mol. The lowest BCUT2D eigenvalue weighted by atomic mass is 10.1. The number of aromatic nitrogens is 2. The number of nitrogens with zero attached hydrogens (tertiary/aromatic N) is 1. The van der Waals surface area contributed by atoms with E-state index in [0.29, 0.717) is 17.7 Å². The number of benzene rings is 1. The van der Waals surface area contributed by atoms with Crippen LogP contribution >= 0.6 is 0 Å². The van der Waals surface area contributed by atoms with Gasteiger partial charge in [-0.2, -0.15) is 5.10 Å². The largest absolute Gasteiger partial charge is 0.394 e. The van der Waals surface area contributed by atoms with Crippen LogP contribution in [0.3, 0.4) is 0 Å². The zero-order valence-corrected chi connectivity index (χ0v) is 10.8. The van der Waals surface area contributed by atoms with Gasteiger partial charge < -0.3 is 10.4 Å². The number of H-pyrrole nitrogens is 1. The summed E-state index contributed by atoms with van der Waals surface area (Å²) in [6.07, 6.45) is 2.18. The lowest BCUT2D eigenvalue weighted by Gasteiger charge is -2.13. The number of nitrogens with one attached hydrogen (secondary N) is 2. The molecule has 1 atom stereocenters. The van der Waals surface area contributed by atoms with Gasteiger partial charge in [-0.05, 0) is 6.42 Å². The third-order valence-electron chi connectivity index (χ3n) is 2.99. The molecule has 0 bridgehead atoms. The first kappa shape index (κ1) is 13.3. The highest BCUT2D eigenvalue weighted by molar-refractivity contribution is 5.99. The van der Waals surface area contributed by atoms with Crippen LogP contribution in [-0.4, -0.2) is 33.9 Å². The summed E-state index contributed by atoms with van der Waals surface area (Å²) in [6, 6.07) is 9.31. The Bertz CT molecular complexity index is 533. The van der Waals surface area contributed by atoms with Crippen molar-refractivity contribution in [3.63, 3.8) is 0 Å². The van der Waals surface area contributed by atoms with Crippen molar-refractivity contribution in [2.75, 3.05) is 6.61 Å². The van der Waals surface area contributed by atoms with Crippen LogP contribution < -0.4 is 5.32 Å². The fourth-order valence-corrected chi connectivity index (χ4v) is 1.82. The summed E-state index contributed by atoms with van der Waals surface area (Å²) in [5, 5.41) is 18.7. The van der Waals surface area contributed by atoms with Crippen LogP contribution in [0.15, 0.2) is 36.5 Å². The molecule has 0 radical (unpaired) electrons. The first-order chi connectivity index (χ1) is 9.26. The summed E-state index contributed by atoms with van der Waals surface area (Å²) in [4.78, 5) is 12.1. The minimum absolute atomic E-state index is 0.0687. The van der Waals surface area contributed by atoms with Gasteiger partial charge in [-0.3, -0.25) is 9.89 Å². The number of hydrogen-bond donors (Lipinski definition) is 3. The smallest absolute Gasteiger partial charge is 0.255 e. The summed E-state index contributed by atoms with van der Waals surface area (Å²) in [5.41, 5.74) is 2.08. The average molecular weight is 259 g/mol. The Kier molecular flexibility index (Phi) is 4.30. The van der Waals surface area contributed by atoms with E-state index in [1.165, 1.54) is 6.20 Å². The molecule has 1 heterocycles. The van der Waals surface area contributed by atoms with E-state index >= 15 is 0 Å². The van der Waals surface area contributed by atoms with E-state index in [4.69, 9.17) is 5.11 Å². The van der Waals surface area contributed by atoms with Crippen LogP contribution in [0.1, 0.15) is 23.7 Å². The summed E-state index contributed by atoms with van der Waals surface area (Å²) in [7, 11) is 0. The topological polar surface area (TPSA) is 78.0 Å². The highest BCUT2D eigenvalue weighted by atomic mass is 16.3. The Morgan fingerprint density at radius 1 is 1.42 bits per heavy atom. The molecule has 19 heavy (non-hydrogen) atoms. The van der Waals surface area contributed by atoms with Gasteiger partial charge in [0.05, 0.1) is 30.1 Å². The van der Waals surface area contributed by atoms with Gasteiger partial charge in [-0.1, -0.05) is 37.3 Å². The van der Waals surface area contributed by atoms with Crippen molar-refractivity contribution in [1.29, 1.82) is 0 Å². The highest BCUT2D eigenvalue weighted by Gasteiger charge is 2.17. The second-order valence-corrected chi connectivity index (χ2v) is 4.29. The van der Waals surface area contributed by atoms with E-state index in [9.17, 15) is 4.79 Å². The molecule has 0 spiro atoms. The predicted molar refractivity (Wildman–Crippen MR) is 72.7 cm³/mol. The van der Waals surface area contributed by atoms with Crippen LogP contribution in [0.4, 0.5) is 0 Å². The predicted octanol–water partition coefficient (Wildman–Crippen LogP) is 1.58. The molecular weight excluding hydrogens is 242 g/mol. The van der Waals surface area contributed by atoms with Crippen molar-refractivity contribution in [2.24, 2.45) is 0 Å². The highest BCUT2D eigenvalue weighted by Crippen LogP contribution is 2.20. The maximum atomic E-state index is 12.1. The van der Waals surface area contributed by atoms with Crippen molar-refractivity contribution >= 4 is 5.91 Å². The number of amides is 1. The van der Waals surface area contributed by atoms with Gasteiger partial charge in [-0.15, -0.1) is 0 Å². The maximum absolute atomic E-state index is 12.1. The molecule has 100 valence electrons. The standard InChI is InChI=1S/C14H17N3O2/c1-2-11(9-18)16-14(19)12-8-15-17-13(12)10-6-4-3-5-7-10/h3-8,11,18H,2,9H2,1H3,(H,15,17)(H,16,19)/t11-/m1/s1. The van der Waals surface area contributed by atoms with Crippen LogP contribution in [0.2, 0.25) is 0 Å². The van der Waals surface area contributed by atoms with Gasteiger partial charge in [0.15, 0.2) is 0 Å². The van der Waals surface area contributed by atoms with Crippen LogP contribution in [-0.2, 0) is 0 Å². The van der Waals surface area contributed by atoms with Crippen molar-refractivity contribution in [3.8, 4) is 11.3 Å². The van der Waals surface area contributed by atoms with Gasteiger partial charge in [0, 0.05) is 5.56 Å². The normalized spacial score (nSPS) is 12.1.